The fourth-order valence-electron chi connectivity index (χ4n) is 5.43. The number of urea groups is 1. The number of piperidine rings is 1. The summed E-state index contributed by atoms with van der Waals surface area (Å²) in [7, 11) is 1.62. The Morgan fingerprint density at radius 3 is 2.54 bits per heavy atom. The van der Waals surface area contributed by atoms with E-state index in [1.807, 2.05) is 28.0 Å². The molecule has 3 heterocycles. The number of aromatic nitrogens is 2. The number of fused-ring (bicyclic) bond motifs is 1. The molecule has 214 valence electrons. The lowest BCUT2D eigenvalue weighted by Gasteiger charge is -2.38. The predicted octanol–water partition coefficient (Wildman–Crippen LogP) is 3.04. The topological polar surface area (TPSA) is 157 Å². The molecule has 2 aliphatic heterocycles. The van der Waals surface area contributed by atoms with Crippen molar-refractivity contribution >= 4 is 34.9 Å². The molecule has 2 aliphatic rings. The molecule has 1 saturated heterocycles. The third-order valence-corrected chi connectivity index (χ3v) is 7.58. The number of nitrogens with one attached hydrogen (secondary N) is 3. The summed E-state index contributed by atoms with van der Waals surface area (Å²) in [5.41, 5.74) is 1.87. The van der Waals surface area contributed by atoms with Crippen LogP contribution in [0.5, 0.6) is 11.5 Å². The first-order chi connectivity index (χ1) is 19.6. The minimum absolute atomic E-state index is 0.0272. The predicted molar refractivity (Wildman–Crippen MR) is 153 cm³/mol. The van der Waals surface area contributed by atoms with Gasteiger partial charge in [-0.1, -0.05) is 0 Å². The number of amides is 3. The maximum Gasteiger partial charge on any atom is 0.322 e. The number of ketones is 1. The van der Waals surface area contributed by atoms with Crippen molar-refractivity contribution in [3.05, 3.63) is 69.0 Å². The van der Waals surface area contributed by atoms with Crippen LogP contribution in [-0.4, -0.2) is 70.7 Å². The molecule has 1 aromatic heterocycles. The first kappa shape index (κ1) is 27.7. The van der Waals surface area contributed by atoms with Gasteiger partial charge in [-0.25, -0.2) is 9.89 Å². The van der Waals surface area contributed by atoms with Gasteiger partial charge < -0.3 is 30.3 Å². The number of hydrogen-bond donors (Lipinski definition) is 4. The molecule has 0 atom stereocenters. The number of H-pyrrole nitrogens is 1. The van der Waals surface area contributed by atoms with Crippen LogP contribution >= 0.6 is 0 Å². The van der Waals surface area contributed by atoms with E-state index in [0.717, 1.165) is 17.0 Å². The molecular formula is C29H32N6O6. The highest BCUT2D eigenvalue weighted by Gasteiger charge is 2.31. The number of benzene rings is 2. The zero-order chi connectivity index (χ0) is 29.3. The lowest BCUT2D eigenvalue weighted by molar-refractivity contribution is -0.114. The highest BCUT2D eigenvalue weighted by molar-refractivity contribution is 6.10. The standard InChI is InChI=1S/C29H32N6O6/c1-16-12-19(14-24(37)26(16)30-17(2)36)27(38)22-15-25(32-33-28(22)39)34-9-7-20(8-10-34)35-11-6-18-13-21(41-3)4-5-23(18)31-29(35)40/h4-5,12-15,20,37H,6-11H2,1-3H3,(H,30,36)(H,31,40)(H,33,39). The number of aromatic amines is 1. The summed E-state index contributed by atoms with van der Waals surface area (Å²) in [6.07, 6.45) is 2.09. The van der Waals surface area contributed by atoms with Crippen LogP contribution in [0.4, 0.5) is 22.0 Å². The van der Waals surface area contributed by atoms with E-state index in [0.29, 0.717) is 50.3 Å². The van der Waals surface area contributed by atoms with Crippen molar-refractivity contribution in [3.8, 4) is 11.5 Å². The molecular weight excluding hydrogens is 528 g/mol. The smallest absolute Gasteiger partial charge is 0.322 e. The van der Waals surface area contributed by atoms with Gasteiger partial charge in [0.05, 0.1) is 18.4 Å². The second kappa shape index (κ2) is 11.3. The second-order valence-corrected chi connectivity index (χ2v) is 10.3. The number of anilines is 3. The minimum Gasteiger partial charge on any atom is -0.506 e. The van der Waals surface area contributed by atoms with Crippen molar-refractivity contribution < 1.29 is 24.2 Å². The van der Waals surface area contributed by atoms with Crippen molar-refractivity contribution in [1.82, 2.24) is 15.1 Å². The van der Waals surface area contributed by atoms with Gasteiger partial charge in [-0.2, -0.15) is 5.10 Å². The first-order valence-electron chi connectivity index (χ1n) is 13.4. The van der Waals surface area contributed by atoms with Crippen LogP contribution in [0, 0.1) is 6.92 Å². The molecule has 1 fully saturated rings. The quantitative estimate of drug-likeness (QED) is 0.265. The average molecular weight is 561 g/mol. The third kappa shape index (κ3) is 5.72. The van der Waals surface area contributed by atoms with Gasteiger partial charge in [0.2, 0.25) is 5.91 Å². The highest BCUT2D eigenvalue weighted by atomic mass is 16.5. The Morgan fingerprint density at radius 2 is 1.85 bits per heavy atom. The van der Waals surface area contributed by atoms with Crippen LogP contribution in [0.25, 0.3) is 0 Å². The molecule has 0 saturated carbocycles. The molecule has 12 nitrogen and oxygen atoms in total. The van der Waals surface area contributed by atoms with Crippen LogP contribution in [0.15, 0.2) is 41.2 Å². The van der Waals surface area contributed by atoms with Crippen LogP contribution in [0.3, 0.4) is 0 Å². The summed E-state index contributed by atoms with van der Waals surface area (Å²) in [6.45, 7) is 4.70. The SMILES string of the molecule is COc1ccc2c(c1)CCN(C1CCN(c3cc(C(=O)c4cc(C)c(NC(C)=O)c(O)c4)c(=O)[nH]n3)CC1)C(=O)N2. The van der Waals surface area contributed by atoms with E-state index < -0.39 is 11.3 Å². The van der Waals surface area contributed by atoms with Crippen LogP contribution in [0.2, 0.25) is 0 Å². The largest absolute Gasteiger partial charge is 0.506 e. The van der Waals surface area contributed by atoms with E-state index >= 15 is 0 Å². The first-order valence-corrected chi connectivity index (χ1v) is 13.4. The number of phenolic OH excluding ortho intramolecular Hbond substituents is 1. The molecule has 0 aliphatic carbocycles. The number of methoxy groups -OCH3 is 1. The fourth-order valence-corrected chi connectivity index (χ4v) is 5.43. The minimum atomic E-state index is -0.644. The molecule has 0 spiro atoms. The highest BCUT2D eigenvalue weighted by Crippen LogP contribution is 2.31. The molecule has 2 aromatic carbocycles. The summed E-state index contributed by atoms with van der Waals surface area (Å²) in [4.78, 5) is 54.2. The Labute approximate surface area is 236 Å². The van der Waals surface area contributed by atoms with E-state index in [4.69, 9.17) is 4.74 Å². The fraction of sp³-hybridized carbons (Fsp3) is 0.345. The number of hydrogen-bond acceptors (Lipinski definition) is 8. The van der Waals surface area contributed by atoms with Crippen LogP contribution in [0.1, 0.15) is 46.8 Å². The van der Waals surface area contributed by atoms with Gasteiger partial charge in [0.1, 0.15) is 17.3 Å². The Kier molecular flexibility index (Phi) is 7.64. The number of aromatic hydroxyl groups is 1. The number of rotatable bonds is 6. The summed E-state index contributed by atoms with van der Waals surface area (Å²) in [5.74, 6) is -0.00297. The van der Waals surface area contributed by atoms with Gasteiger partial charge in [0.15, 0.2) is 5.78 Å². The van der Waals surface area contributed by atoms with Crippen molar-refractivity contribution in [2.45, 2.75) is 39.2 Å². The van der Waals surface area contributed by atoms with Crippen molar-refractivity contribution in [3.63, 3.8) is 0 Å². The number of phenols is 1. The zero-order valence-electron chi connectivity index (χ0n) is 23.1. The molecule has 3 amide bonds. The molecule has 3 aromatic rings. The molecule has 12 heteroatoms. The number of nitrogens with zero attached hydrogens (tertiary/aromatic N) is 3. The van der Waals surface area contributed by atoms with Gasteiger partial charge in [-0.05, 0) is 73.7 Å². The summed E-state index contributed by atoms with van der Waals surface area (Å²) in [5, 5.41) is 22.5. The Morgan fingerprint density at radius 1 is 1.10 bits per heavy atom. The summed E-state index contributed by atoms with van der Waals surface area (Å²) in [6, 6.07) is 9.73. The monoisotopic (exact) mass is 560 g/mol. The number of carbonyl (C=O) groups excluding carboxylic acids is 3. The van der Waals surface area contributed by atoms with E-state index in [-0.39, 0.29) is 40.5 Å². The van der Waals surface area contributed by atoms with Gasteiger partial charge >= 0.3 is 6.03 Å². The normalized spacial score (nSPS) is 15.5. The van der Waals surface area contributed by atoms with E-state index in [2.05, 4.69) is 20.8 Å². The van der Waals surface area contributed by atoms with Gasteiger partial charge in [-0.15, -0.1) is 0 Å². The molecule has 0 radical (unpaired) electrons. The van der Waals surface area contributed by atoms with E-state index in [1.165, 1.54) is 25.1 Å². The zero-order valence-corrected chi connectivity index (χ0v) is 23.1. The van der Waals surface area contributed by atoms with Crippen molar-refractivity contribution in [2.24, 2.45) is 0 Å². The van der Waals surface area contributed by atoms with Crippen molar-refractivity contribution in [2.75, 3.05) is 42.3 Å². The lowest BCUT2D eigenvalue weighted by atomic mass is 10.00. The van der Waals surface area contributed by atoms with E-state index in [1.54, 1.807) is 14.0 Å². The van der Waals surface area contributed by atoms with E-state index in [9.17, 15) is 24.3 Å². The van der Waals surface area contributed by atoms with Crippen molar-refractivity contribution in [1.29, 1.82) is 0 Å². The lowest BCUT2D eigenvalue weighted by Crippen LogP contribution is -2.49. The number of carbonyl (C=O) groups is 3. The second-order valence-electron chi connectivity index (χ2n) is 10.3. The van der Waals surface area contributed by atoms with Gasteiger partial charge in [0.25, 0.3) is 5.56 Å². The number of aryl methyl sites for hydroxylation is 1. The maximum absolute atomic E-state index is 13.3. The van der Waals surface area contributed by atoms with Crippen LogP contribution < -0.4 is 25.8 Å². The third-order valence-electron chi connectivity index (χ3n) is 7.58. The Balaban J connectivity index is 1.28. The Bertz CT molecular complexity index is 1550. The Hall–Kier alpha value is -4.87. The average Bonchev–Trinajstić information content (AvgIpc) is 3.12. The van der Waals surface area contributed by atoms with Crippen LogP contribution in [-0.2, 0) is 11.2 Å². The molecule has 0 bridgehead atoms. The van der Waals surface area contributed by atoms with Gasteiger partial charge in [-0.3, -0.25) is 14.4 Å². The maximum atomic E-state index is 13.3. The molecule has 4 N–H and O–H groups in total. The van der Waals surface area contributed by atoms with Gasteiger partial charge in [0, 0.05) is 43.9 Å². The molecule has 5 rings (SSSR count). The molecule has 41 heavy (non-hydrogen) atoms. The molecule has 0 unspecified atom stereocenters. The summed E-state index contributed by atoms with van der Waals surface area (Å²) >= 11 is 0. The number of ether oxygens (including phenoxy) is 1. The summed E-state index contributed by atoms with van der Waals surface area (Å²) < 4.78 is 5.32.